The van der Waals surface area contributed by atoms with Crippen molar-refractivity contribution in [3.63, 3.8) is 0 Å². The molecule has 1 heterocycles. The molecule has 3 rings (SSSR count). The minimum Gasteiger partial charge on any atom is -0.315 e. The Hall–Kier alpha value is -2.16. The molecule has 0 saturated carbocycles. The fourth-order valence-electron chi connectivity index (χ4n) is 2.61. The highest BCUT2D eigenvalue weighted by Gasteiger charge is 2.34. The van der Waals surface area contributed by atoms with Gasteiger partial charge in [0.15, 0.2) is 0 Å². The van der Waals surface area contributed by atoms with E-state index in [1.807, 2.05) is 41.7 Å². The van der Waals surface area contributed by atoms with Crippen molar-refractivity contribution in [3.8, 4) is 11.3 Å². The Labute approximate surface area is 179 Å². The monoisotopic (exact) mass is 459 g/mol. The molecule has 2 aromatic carbocycles. The minimum atomic E-state index is -4.69. The molecule has 0 amide bonds. The molecule has 0 unspecified atom stereocenters. The van der Waals surface area contributed by atoms with E-state index in [-0.39, 0.29) is 16.3 Å². The average molecular weight is 460 g/mol. The van der Waals surface area contributed by atoms with Crippen LogP contribution in [0.3, 0.4) is 0 Å². The largest absolute Gasteiger partial charge is 0.433 e. The van der Waals surface area contributed by atoms with Gasteiger partial charge in [0, 0.05) is 36.3 Å². The van der Waals surface area contributed by atoms with E-state index in [1.54, 1.807) is 6.07 Å². The molecule has 1 aromatic heterocycles. The number of nitrogens with zero attached hydrogens (tertiary/aromatic N) is 3. The van der Waals surface area contributed by atoms with Crippen LogP contribution in [-0.4, -0.2) is 16.8 Å². The highest BCUT2D eigenvalue weighted by atomic mass is 35.5. The SMILES string of the molecule is CN(Sc1cc(-c2nn(C)c(C(F)(F)F)cc2=O)c(Cl)cc1Cl)c1ccccc1. The van der Waals surface area contributed by atoms with E-state index in [0.29, 0.717) is 20.7 Å². The summed E-state index contributed by atoms with van der Waals surface area (Å²) in [5, 5.41) is 4.27. The van der Waals surface area contributed by atoms with Crippen LogP contribution in [0.25, 0.3) is 11.3 Å². The third kappa shape index (κ3) is 4.71. The molecule has 0 bridgehead atoms. The van der Waals surface area contributed by atoms with Gasteiger partial charge in [0.25, 0.3) is 0 Å². The first kappa shape index (κ1) is 21.5. The molecule has 0 aliphatic carbocycles. The number of rotatable bonds is 4. The molecular formula is C19H14Cl2F3N3OS. The van der Waals surface area contributed by atoms with Gasteiger partial charge in [0.1, 0.15) is 11.4 Å². The van der Waals surface area contributed by atoms with Crippen LogP contribution in [-0.2, 0) is 13.2 Å². The quantitative estimate of drug-likeness (QED) is 0.454. The molecule has 3 aromatic rings. The molecule has 0 N–H and O–H groups in total. The lowest BCUT2D eigenvalue weighted by molar-refractivity contribution is -0.144. The van der Waals surface area contributed by atoms with Crippen molar-refractivity contribution in [2.75, 3.05) is 11.4 Å². The highest BCUT2D eigenvalue weighted by molar-refractivity contribution is 8.00. The van der Waals surface area contributed by atoms with Gasteiger partial charge >= 0.3 is 6.18 Å². The van der Waals surface area contributed by atoms with E-state index >= 15 is 0 Å². The fraction of sp³-hybridized carbons (Fsp3) is 0.158. The second-order valence-electron chi connectivity index (χ2n) is 6.05. The first-order chi connectivity index (χ1) is 13.6. The van der Waals surface area contributed by atoms with Gasteiger partial charge in [-0.2, -0.15) is 18.3 Å². The number of anilines is 1. The van der Waals surface area contributed by atoms with Gasteiger partial charge in [0.05, 0.1) is 10.0 Å². The molecule has 10 heteroatoms. The Morgan fingerprint density at radius 2 is 1.72 bits per heavy atom. The summed E-state index contributed by atoms with van der Waals surface area (Å²) in [4.78, 5) is 12.9. The second kappa shape index (κ2) is 8.30. The minimum absolute atomic E-state index is 0.117. The topological polar surface area (TPSA) is 38.1 Å². The Balaban J connectivity index is 2.04. The lowest BCUT2D eigenvalue weighted by atomic mass is 10.1. The predicted octanol–water partition coefficient (Wildman–Crippen LogP) is 5.92. The van der Waals surface area contributed by atoms with Crippen molar-refractivity contribution >= 4 is 40.8 Å². The summed E-state index contributed by atoms with van der Waals surface area (Å²) in [6.45, 7) is 0. The highest BCUT2D eigenvalue weighted by Crippen LogP contribution is 2.38. The summed E-state index contributed by atoms with van der Waals surface area (Å²) in [6, 6.07) is 13.0. The van der Waals surface area contributed by atoms with Crippen LogP contribution in [0, 0.1) is 0 Å². The lowest BCUT2D eigenvalue weighted by Crippen LogP contribution is -2.22. The van der Waals surface area contributed by atoms with Crippen molar-refractivity contribution < 1.29 is 13.2 Å². The number of halogens is 5. The summed E-state index contributed by atoms with van der Waals surface area (Å²) in [5.74, 6) is 0. The van der Waals surface area contributed by atoms with Crippen molar-refractivity contribution in [1.29, 1.82) is 0 Å². The lowest BCUT2D eigenvalue weighted by Gasteiger charge is -2.19. The zero-order valence-corrected chi connectivity index (χ0v) is 17.5. The van der Waals surface area contributed by atoms with Gasteiger partial charge in [0.2, 0.25) is 5.43 Å². The van der Waals surface area contributed by atoms with E-state index in [9.17, 15) is 18.0 Å². The Morgan fingerprint density at radius 1 is 1.07 bits per heavy atom. The second-order valence-corrected chi connectivity index (χ2v) is 8.04. The summed E-state index contributed by atoms with van der Waals surface area (Å²) in [7, 11) is 2.95. The smallest absolute Gasteiger partial charge is 0.315 e. The van der Waals surface area contributed by atoms with Crippen molar-refractivity contribution in [1.82, 2.24) is 9.78 Å². The third-order valence-electron chi connectivity index (χ3n) is 4.02. The fourth-order valence-corrected chi connectivity index (χ4v) is 4.02. The number of aryl methyl sites for hydroxylation is 1. The van der Waals surface area contributed by atoms with Crippen LogP contribution in [0.4, 0.5) is 18.9 Å². The maximum absolute atomic E-state index is 13.0. The van der Waals surface area contributed by atoms with Crippen LogP contribution in [0.1, 0.15) is 5.69 Å². The predicted molar refractivity (Wildman–Crippen MR) is 111 cm³/mol. The van der Waals surface area contributed by atoms with Crippen molar-refractivity contribution in [3.05, 3.63) is 74.5 Å². The van der Waals surface area contributed by atoms with Gasteiger partial charge in [-0.1, -0.05) is 41.4 Å². The maximum Gasteiger partial charge on any atom is 0.433 e. The third-order valence-corrected chi connectivity index (χ3v) is 5.78. The van der Waals surface area contributed by atoms with Gasteiger partial charge in [-0.3, -0.25) is 9.48 Å². The Kier molecular flexibility index (Phi) is 6.16. The number of alkyl halides is 3. The van der Waals surface area contributed by atoms with Crippen LogP contribution in [0.15, 0.2) is 58.2 Å². The van der Waals surface area contributed by atoms with E-state index in [4.69, 9.17) is 23.2 Å². The molecule has 0 saturated heterocycles. The molecule has 152 valence electrons. The van der Waals surface area contributed by atoms with Crippen molar-refractivity contribution in [2.45, 2.75) is 11.1 Å². The summed E-state index contributed by atoms with van der Waals surface area (Å²) in [5.41, 5.74) is -1.10. The Morgan fingerprint density at radius 3 is 2.34 bits per heavy atom. The first-order valence-corrected chi connectivity index (χ1v) is 9.72. The van der Waals surface area contributed by atoms with Crippen molar-refractivity contribution in [2.24, 2.45) is 7.05 Å². The molecule has 4 nitrogen and oxygen atoms in total. The standard InChI is InChI=1S/C19H14Cl2F3N3OS/c1-26-17(19(22,23)24)10-15(28)18(25-26)12-8-16(14(21)9-13(12)20)29-27(2)11-6-4-3-5-7-11/h3-10H,1-2H3. The number of hydrogen-bond donors (Lipinski definition) is 0. The molecule has 0 fully saturated rings. The van der Waals surface area contributed by atoms with Gasteiger partial charge in [-0.05, 0) is 36.2 Å². The zero-order valence-electron chi connectivity index (χ0n) is 15.2. The summed E-state index contributed by atoms with van der Waals surface area (Å²) >= 11 is 13.8. The van der Waals surface area contributed by atoms with E-state index in [2.05, 4.69) is 5.10 Å². The molecule has 29 heavy (non-hydrogen) atoms. The maximum atomic E-state index is 13.0. The number of benzene rings is 2. The Bertz CT molecular complexity index is 1100. The molecular weight excluding hydrogens is 446 g/mol. The summed E-state index contributed by atoms with van der Waals surface area (Å²) in [6.07, 6.45) is -4.69. The van der Waals surface area contributed by atoms with Crippen LogP contribution in [0.5, 0.6) is 0 Å². The van der Waals surface area contributed by atoms with E-state index < -0.39 is 17.3 Å². The molecule has 0 aliphatic heterocycles. The van der Waals surface area contributed by atoms with Crippen LogP contribution < -0.4 is 9.73 Å². The van der Waals surface area contributed by atoms with E-state index in [1.165, 1.54) is 18.0 Å². The van der Waals surface area contributed by atoms with Gasteiger partial charge in [-0.25, -0.2) is 0 Å². The molecule has 0 spiro atoms. The van der Waals surface area contributed by atoms with Gasteiger partial charge in [-0.15, -0.1) is 0 Å². The summed E-state index contributed by atoms with van der Waals surface area (Å²) < 4.78 is 41.5. The average Bonchev–Trinajstić information content (AvgIpc) is 2.65. The zero-order chi connectivity index (χ0) is 21.3. The molecule has 0 radical (unpaired) electrons. The van der Waals surface area contributed by atoms with Crippen LogP contribution in [0.2, 0.25) is 10.0 Å². The normalized spacial score (nSPS) is 11.6. The molecule has 0 aliphatic rings. The first-order valence-electron chi connectivity index (χ1n) is 8.19. The van der Waals surface area contributed by atoms with Crippen LogP contribution >= 0.6 is 35.1 Å². The number of aromatic nitrogens is 2. The number of hydrogen-bond acceptors (Lipinski definition) is 4. The molecule has 0 atom stereocenters. The number of para-hydroxylation sites is 1. The van der Waals surface area contributed by atoms with Gasteiger partial charge < -0.3 is 4.31 Å². The van der Waals surface area contributed by atoms with E-state index in [0.717, 1.165) is 12.7 Å².